The number of aliphatic hydroxyl groups is 1. The number of benzene rings is 1. The number of nitro benzene ring substituents is 1. The first-order valence-electron chi connectivity index (χ1n) is 4.38. The molecule has 15 heavy (non-hydrogen) atoms. The second kappa shape index (κ2) is 5.16. The lowest BCUT2D eigenvalue weighted by Gasteiger charge is -2.06. The van der Waals surface area contributed by atoms with Crippen molar-refractivity contribution in [3.63, 3.8) is 0 Å². The molecule has 0 amide bonds. The number of aliphatic hydroxyl groups excluding tert-OH is 1. The van der Waals surface area contributed by atoms with E-state index in [-0.39, 0.29) is 18.9 Å². The number of nitro groups is 1. The van der Waals surface area contributed by atoms with E-state index in [4.69, 9.17) is 9.84 Å². The molecule has 82 valence electrons. The van der Waals surface area contributed by atoms with Crippen molar-refractivity contribution in [3.05, 3.63) is 28.3 Å². The maximum Gasteiger partial charge on any atom is 0.275 e. The van der Waals surface area contributed by atoms with Crippen molar-refractivity contribution in [2.45, 2.75) is 0 Å². The van der Waals surface area contributed by atoms with Crippen LogP contribution in [0.3, 0.4) is 0 Å². The smallest absolute Gasteiger partial charge is 0.275 e. The molecule has 0 spiro atoms. The molecule has 1 rings (SSSR count). The Balaban J connectivity index is 2.95. The molecule has 6 nitrogen and oxygen atoms in total. The molecule has 1 aromatic rings. The number of nitrogens with one attached hydrogen (secondary N) is 1. The molecule has 0 atom stereocenters. The average Bonchev–Trinajstić information content (AvgIpc) is 2.25. The van der Waals surface area contributed by atoms with E-state index < -0.39 is 4.92 Å². The molecular weight excluding hydrogens is 200 g/mol. The second-order valence-corrected chi connectivity index (χ2v) is 2.79. The van der Waals surface area contributed by atoms with Gasteiger partial charge in [0.25, 0.3) is 5.69 Å². The van der Waals surface area contributed by atoms with E-state index in [9.17, 15) is 10.1 Å². The Labute approximate surface area is 86.6 Å². The number of hydrogen-bond donors (Lipinski definition) is 2. The van der Waals surface area contributed by atoms with Gasteiger partial charge in [-0.1, -0.05) is 0 Å². The van der Waals surface area contributed by atoms with Crippen LogP contribution in [0, 0.1) is 10.1 Å². The highest BCUT2D eigenvalue weighted by Gasteiger charge is 2.09. The monoisotopic (exact) mass is 212 g/mol. The Morgan fingerprint density at radius 2 is 2.27 bits per heavy atom. The van der Waals surface area contributed by atoms with Crippen LogP contribution in [0.4, 0.5) is 11.4 Å². The van der Waals surface area contributed by atoms with Crippen LogP contribution in [-0.4, -0.2) is 30.3 Å². The van der Waals surface area contributed by atoms with Gasteiger partial charge in [-0.15, -0.1) is 0 Å². The fraction of sp³-hybridized carbons (Fsp3) is 0.333. The average molecular weight is 212 g/mol. The Bertz CT molecular complexity index is 354. The molecule has 1 aromatic carbocycles. The quantitative estimate of drug-likeness (QED) is 0.562. The number of ether oxygens (including phenoxy) is 1. The second-order valence-electron chi connectivity index (χ2n) is 2.79. The minimum Gasteiger partial charge on any atom is -0.491 e. The highest BCUT2D eigenvalue weighted by Crippen LogP contribution is 2.25. The molecule has 0 aliphatic heterocycles. The van der Waals surface area contributed by atoms with Crippen LogP contribution in [0.15, 0.2) is 18.2 Å². The molecule has 0 aromatic heterocycles. The van der Waals surface area contributed by atoms with E-state index in [0.29, 0.717) is 11.4 Å². The summed E-state index contributed by atoms with van der Waals surface area (Å²) in [5, 5.41) is 21.9. The van der Waals surface area contributed by atoms with E-state index in [2.05, 4.69) is 5.32 Å². The van der Waals surface area contributed by atoms with Crippen molar-refractivity contribution in [1.29, 1.82) is 0 Å². The van der Waals surface area contributed by atoms with Crippen LogP contribution < -0.4 is 10.1 Å². The Hall–Kier alpha value is -1.82. The predicted octanol–water partition coefficient (Wildman–Crippen LogP) is 1.01. The maximum atomic E-state index is 10.6. The van der Waals surface area contributed by atoms with Gasteiger partial charge in [-0.2, -0.15) is 0 Å². The molecule has 0 unspecified atom stereocenters. The Morgan fingerprint density at radius 3 is 2.80 bits per heavy atom. The summed E-state index contributed by atoms with van der Waals surface area (Å²) in [5.74, 6) is 0.364. The zero-order valence-electron chi connectivity index (χ0n) is 8.27. The van der Waals surface area contributed by atoms with Crippen molar-refractivity contribution in [1.82, 2.24) is 0 Å². The van der Waals surface area contributed by atoms with E-state index in [1.807, 2.05) is 0 Å². The summed E-state index contributed by atoms with van der Waals surface area (Å²) in [5.41, 5.74) is 0.548. The van der Waals surface area contributed by atoms with E-state index >= 15 is 0 Å². The molecule has 0 aliphatic carbocycles. The van der Waals surface area contributed by atoms with Gasteiger partial charge in [-0.25, -0.2) is 0 Å². The van der Waals surface area contributed by atoms with E-state index in [0.717, 1.165) is 0 Å². The fourth-order valence-corrected chi connectivity index (χ4v) is 1.08. The third-order valence-electron chi connectivity index (χ3n) is 1.75. The van der Waals surface area contributed by atoms with Gasteiger partial charge in [-0.05, 0) is 0 Å². The minimum absolute atomic E-state index is 0.0465. The van der Waals surface area contributed by atoms with Crippen molar-refractivity contribution in [2.75, 3.05) is 25.6 Å². The highest BCUT2D eigenvalue weighted by molar-refractivity contribution is 5.55. The van der Waals surface area contributed by atoms with E-state index in [1.165, 1.54) is 12.1 Å². The van der Waals surface area contributed by atoms with Gasteiger partial charge < -0.3 is 15.2 Å². The minimum atomic E-state index is -0.493. The van der Waals surface area contributed by atoms with Crippen molar-refractivity contribution in [2.24, 2.45) is 0 Å². The predicted molar refractivity (Wildman–Crippen MR) is 55.2 cm³/mol. The lowest BCUT2D eigenvalue weighted by atomic mass is 10.2. The first-order valence-corrected chi connectivity index (χ1v) is 4.38. The molecule has 0 saturated heterocycles. The van der Waals surface area contributed by atoms with Crippen LogP contribution in [0.5, 0.6) is 5.75 Å². The number of rotatable bonds is 5. The van der Waals surface area contributed by atoms with Gasteiger partial charge in [0.15, 0.2) is 0 Å². The fourth-order valence-electron chi connectivity index (χ4n) is 1.08. The van der Waals surface area contributed by atoms with Crippen molar-refractivity contribution >= 4 is 11.4 Å². The topological polar surface area (TPSA) is 84.6 Å². The lowest BCUT2D eigenvalue weighted by Crippen LogP contribution is -2.02. The first kappa shape index (κ1) is 11.3. The number of hydrogen-bond acceptors (Lipinski definition) is 5. The molecule has 0 saturated carbocycles. The standard InChI is InChI=1S/C9H12N2O4/c1-10-7-4-8(11(13)14)6-9(5-7)15-3-2-12/h4-6,10,12H,2-3H2,1H3. The molecule has 0 heterocycles. The van der Waals surface area contributed by atoms with Gasteiger partial charge in [0.2, 0.25) is 0 Å². The lowest BCUT2D eigenvalue weighted by molar-refractivity contribution is -0.384. The highest BCUT2D eigenvalue weighted by atomic mass is 16.6. The van der Waals surface area contributed by atoms with Gasteiger partial charge in [0, 0.05) is 24.9 Å². The third-order valence-corrected chi connectivity index (χ3v) is 1.75. The summed E-state index contributed by atoms with van der Waals surface area (Å²) in [7, 11) is 1.66. The van der Waals surface area contributed by atoms with Crippen LogP contribution in [-0.2, 0) is 0 Å². The summed E-state index contributed by atoms with van der Waals surface area (Å²) >= 11 is 0. The number of non-ortho nitro benzene ring substituents is 1. The van der Waals surface area contributed by atoms with E-state index in [1.54, 1.807) is 13.1 Å². The van der Waals surface area contributed by atoms with Gasteiger partial charge in [0.1, 0.15) is 12.4 Å². The number of anilines is 1. The van der Waals surface area contributed by atoms with Crippen molar-refractivity contribution < 1.29 is 14.8 Å². The molecule has 6 heteroatoms. The zero-order chi connectivity index (χ0) is 11.3. The van der Waals surface area contributed by atoms with Crippen LogP contribution in [0.1, 0.15) is 0 Å². The normalized spacial score (nSPS) is 9.73. The van der Waals surface area contributed by atoms with Crippen LogP contribution >= 0.6 is 0 Å². The zero-order valence-corrected chi connectivity index (χ0v) is 8.27. The molecular formula is C9H12N2O4. The summed E-state index contributed by atoms with van der Waals surface area (Å²) in [6, 6.07) is 4.35. The largest absolute Gasteiger partial charge is 0.491 e. The van der Waals surface area contributed by atoms with Gasteiger partial charge in [-0.3, -0.25) is 10.1 Å². The first-order chi connectivity index (χ1) is 7.17. The molecule has 0 radical (unpaired) electrons. The SMILES string of the molecule is CNc1cc(OCCO)cc([N+](=O)[O-])c1. The molecule has 0 aliphatic rings. The third kappa shape index (κ3) is 3.10. The molecule has 0 bridgehead atoms. The van der Waals surface area contributed by atoms with Crippen molar-refractivity contribution in [3.8, 4) is 5.75 Å². The molecule has 2 N–H and O–H groups in total. The maximum absolute atomic E-state index is 10.6. The van der Waals surface area contributed by atoms with Crippen LogP contribution in [0.25, 0.3) is 0 Å². The summed E-state index contributed by atoms with van der Waals surface area (Å²) in [4.78, 5) is 10.1. The van der Waals surface area contributed by atoms with Gasteiger partial charge >= 0.3 is 0 Å². The van der Waals surface area contributed by atoms with Gasteiger partial charge in [0.05, 0.1) is 17.6 Å². The molecule has 0 fully saturated rings. The summed E-state index contributed by atoms with van der Waals surface area (Å²) < 4.78 is 5.09. The Morgan fingerprint density at radius 1 is 1.53 bits per heavy atom. The van der Waals surface area contributed by atoms with Crippen LogP contribution in [0.2, 0.25) is 0 Å². The Kier molecular flexibility index (Phi) is 3.87. The number of nitrogens with zero attached hydrogens (tertiary/aromatic N) is 1. The summed E-state index contributed by atoms with van der Waals surface area (Å²) in [6.07, 6.45) is 0. The summed E-state index contributed by atoms with van der Waals surface area (Å²) in [6.45, 7) is -0.0120.